The second-order valence-electron chi connectivity index (χ2n) is 8.22. The molecule has 2 fully saturated rings. The number of halogens is 3. The molecule has 2 N–H and O–H groups in total. The first-order valence-corrected chi connectivity index (χ1v) is 11.0. The number of nitrogens with one attached hydrogen (secondary N) is 2. The molecule has 2 aromatic rings. The van der Waals surface area contributed by atoms with Crippen LogP contribution in [-0.2, 0) is 11.3 Å². The topological polar surface area (TPSA) is 65.0 Å². The third-order valence-corrected chi connectivity index (χ3v) is 5.84. The summed E-state index contributed by atoms with van der Waals surface area (Å²) in [6.07, 6.45) is 2.85. The molecule has 180 valence electrons. The van der Waals surface area contributed by atoms with Gasteiger partial charge in [0.1, 0.15) is 23.1 Å². The van der Waals surface area contributed by atoms with Gasteiger partial charge in [-0.15, -0.1) is 24.0 Å². The van der Waals surface area contributed by atoms with Gasteiger partial charge in [0.15, 0.2) is 5.96 Å². The Labute approximate surface area is 210 Å². The normalized spacial score (nSPS) is 21.0. The van der Waals surface area contributed by atoms with Crippen LogP contribution in [0.2, 0.25) is 0 Å². The van der Waals surface area contributed by atoms with Crippen LogP contribution >= 0.6 is 24.0 Å². The molecule has 2 unspecified atom stereocenters. The highest BCUT2D eigenvalue weighted by molar-refractivity contribution is 14.0. The number of hydrogen-bond donors (Lipinski definition) is 2. The first-order chi connectivity index (χ1) is 15.5. The van der Waals surface area contributed by atoms with Crippen molar-refractivity contribution >= 4 is 41.4 Å². The summed E-state index contributed by atoms with van der Waals surface area (Å²) in [6, 6.07) is 8.10. The van der Waals surface area contributed by atoms with Gasteiger partial charge in [0, 0.05) is 52.0 Å². The fourth-order valence-electron chi connectivity index (χ4n) is 4.18. The van der Waals surface area contributed by atoms with Crippen molar-refractivity contribution in [3.05, 3.63) is 53.7 Å². The number of anilines is 2. The Hall–Kier alpha value is -2.21. The van der Waals surface area contributed by atoms with Gasteiger partial charge in [0.05, 0.1) is 12.7 Å². The molecule has 0 aliphatic carbocycles. The fraction of sp³-hybridized carbons (Fsp3) is 0.478. The van der Waals surface area contributed by atoms with E-state index in [9.17, 15) is 8.78 Å². The van der Waals surface area contributed by atoms with Crippen molar-refractivity contribution in [1.82, 2.24) is 15.6 Å². The SMILES string of the molecule is CN=C(NCc1ccc(N2CCOC(C)C2)nc1)NC1CCN(c2c(F)cccc2F)C1.I. The number of aliphatic imine (C=N–C) groups is 1. The second kappa shape index (κ2) is 11.8. The molecule has 2 aliphatic heterocycles. The Morgan fingerprint density at radius 3 is 2.61 bits per heavy atom. The first kappa shape index (κ1) is 25.4. The number of pyridine rings is 1. The molecule has 10 heteroatoms. The van der Waals surface area contributed by atoms with Crippen LogP contribution in [-0.4, -0.2) is 62.9 Å². The minimum Gasteiger partial charge on any atom is -0.375 e. The van der Waals surface area contributed by atoms with Gasteiger partial charge in [-0.05, 0) is 37.1 Å². The van der Waals surface area contributed by atoms with Crippen molar-refractivity contribution in [1.29, 1.82) is 0 Å². The molecule has 0 amide bonds. The van der Waals surface area contributed by atoms with Crippen LogP contribution in [0.5, 0.6) is 0 Å². The van der Waals surface area contributed by atoms with E-state index in [-0.39, 0.29) is 41.8 Å². The Morgan fingerprint density at radius 1 is 1.15 bits per heavy atom. The predicted molar refractivity (Wildman–Crippen MR) is 138 cm³/mol. The lowest BCUT2D eigenvalue weighted by molar-refractivity contribution is 0.0529. The number of para-hydroxylation sites is 1. The smallest absolute Gasteiger partial charge is 0.191 e. The quantitative estimate of drug-likeness (QED) is 0.326. The van der Waals surface area contributed by atoms with E-state index in [0.29, 0.717) is 25.6 Å². The Balaban J connectivity index is 0.00000306. The van der Waals surface area contributed by atoms with Gasteiger partial charge in [-0.2, -0.15) is 0 Å². The highest BCUT2D eigenvalue weighted by Gasteiger charge is 2.27. The summed E-state index contributed by atoms with van der Waals surface area (Å²) < 4.78 is 33.7. The monoisotopic (exact) mass is 572 g/mol. The van der Waals surface area contributed by atoms with Crippen molar-refractivity contribution in [2.75, 3.05) is 49.6 Å². The summed E-state index contributed by atoms with van der Waals surface area (Å²) in [4.78, 5) is 12.9. The van der Waals surface area contributed by atoms with E-state index in [4.69, 9.17) is 4.74 Å². The van der Waals surface area contributed by atoms with Crippen LogP contribution in [0.3, 0.4) is 0 Å². The van der Waals surface area contributed by atoms with Crippen molar-refractivity contribution in [3.63, 3.8) is 0 Å². The van der Waals surface area contributed by atoms with Crippen molar-refractivity contribution in [2.24, 2.45) is 4.99 Å². The third kappa shape index (κ3) is 6.44. The lowest BCUT2D eigenvalue weighted by atomic mass is 10.2. The zero-order chi connectivity index (χ0) is 22.5. The van der Waals surface area contributed by atoms with Crippen LogP contribution in [0, 0.1) is 11.6 Å². The molecule has 2 saturated heterocycles. The predicted octanol–water partition coefficient (Wildman–Crippen LogP) is 3.15. The molecule has 33 heavy (non-hydrogen) atoms. The summed E-state index contributed by atoms with van der Waals surface area (Å²) in [5.74, 6) is 0.543. The largest absolute Gasteiger partial charge is 0.375 e. The van der Waals surface area contributed by atoms with E-state index >= 15 is 0 Å². The number of benzene rings is 1. The molecule has 3 heterocycles. The number of hydrogen-bond acceptors (Lipinski definition) is 5. The molecular weight excluding hydrogens is 541 g/mol. The molecule has 1 aromatic carbocycles. The van der Waals surface area contributed by atoms with E-state index in [1.54, 1.807) is 11.9 Å². The summed E-state index contributed by atoms with van der Waals surface area (Å²) in [7, 11) is 1.71. The standard InChI is InChI=1S/C23H30F2N6O.HI/c1-16-14-30(10-11-32-16)21-7-6-17(12-27-21)13-28-23(26-2)29-18-8-9-31(15-18)22-19(24)4-3-5-20(22)25;/h3-7,12,16,18H,8-11,13-15H2,1-2H3,(H2,26,28,29);1H. The maximum Gasteiger partial charge on any atom is 0.191 e. The summed E-state index contributed by atoms with van der Waals surface area (Å²) in [5, 5.41) is 6.65. The van der Waals surface area contributed by atoms with Crippen LogP contribution in [0.25, 0.3) is 0 Å². The van der Waals surface area contributed by atoms with Gasteiger partial charge in [0.25, 0.3) is 0 Å². The molecule has 0 saturated carbocycles. The lowest BCUT2D eigenvalue weighted by Gasteiger charge is -2.32. The third-order valence-electron chi connectivity index (χ3n) is 5.84. The van der Waals surface area contributed by atoms with Crippen LogP contribution < -0.4 is 20.4 Å². The lowest BCUT2D eigenvalue weighted by Crippen LogP contribution is -2.44. The van der Waals surface area contributed by atoms with E-state index in [2.05, 4.69) is 38.5 Å². The number of guanidine groups is 1. The summed E-state index contributed by atoms with van der Waals surface area (Å²) >= 11 is 0. The van der Waals surface area contributed by atoms with Gasteiger partial charge in [-0.25, -0.2) is 13.8 Å². The number of rotatable bonds is 5. The molecule has 0 radical (unpaired) electrons. The zero-order valence-electron chi connectivity index (χ0n) is 18.9. The highest BCUT2D eigenvalue weighted by atomic mass is 127. The Bertz CT molecular complexity index is 925. The molecule has 1 aromatic heterocycles. The van der Waals surface area contributed by atoms with Gasteiger partial charge >= 0.3 is 0 Å². The average Bonchev–Trinajstić information content (AvgIpc) is 3.25. The summed E-state index contributed by atoms with van der Waals surface area (Å²) in [5.41, 5.74) is 1.08. The molecule has 2 atom stereocenters. The van der Waals surface area contributed by atoms with Crippen molar-refractivity contribution in [2.45, 2.75) is 32.0 Å². The second-order valence-corrected chi connectivity index (χ2v) is 8.22. The maximum atomic E-state index is 14.1. The molecule has 0 spiro atoms. The highest BCUT2D eigenvalue weighted by Crippen LogP contribution is 2.26. The molecule has 4 rings (SSSR count). The molecular formula is C23H31F2IN6O. The first-order valence-electron chi connectivity index (χ1n) is 11.0. The minimum atomic E-state index is -0.532. The van der Waals surface area contributed by atoms with Gasteiger partial charge in [-0.3, -0.25) is 4.99 Å². The van der Waals surface area contributed by atoms with Crippen LogP contribution in [0.1, 0.15) is 18.9 Å². The maximum absolute atomic E-state index is 14.1. The number of morpholine rings is 1. The van der Waals surface area contributed by atoms with Gasteiger partial charge in [0.2, 0.25) is 0 Å². The number of ether oxygens (including phenoxy) is 1. The summed E-state index contributed by atoms with van der Waals surface area (Å²) in [6.45, 7) is 6.14. The van der Waals surface area contributed by atoms with E-state index in [1.165, 1.54) is 18.2 Å². The molecule has 7 nitrogen and oxygen atoms in total. The average molecular weight is 572 g/mol. The number of aromatic nitrogens is 1. The van der Waals surface area contributed by atoms with Gasteiger partial charge < -0.3 is 25.2 Å². The van der Waals surface area contributed by atoms with Crippen molar-refractivity contribution < 1.29 is 13.5 Å². The molecule has 0 bridgehead atoms. The minimum absolute atomic E-state index is 0. The van der Waals surface area contributed by atoms with Crippen molar-refractivity contribution in [3.8, 4) is 0 Å². The fourth-order valence-corrected chi connectivity index (χ4v) is 4.18. The van der Waals surface area contributed by atoms with Crippen LogP contribution in [0.15, 0.2) is 41.5 Å². The Morgan fingerprint density at radius 2 is 1.94 bits per heavy atom. The van der Waals surface area contributed by atoms with E-state index in [1.807, 2.05) is 12.3 Å². The van der Waals surface area contributed by atoms with Gasteiger partial charge in [-0.1, -0.05) is 12.1 Å². The van der Waals surface area contributed by atoms with Crippen LogP contribution in [0.4, 0.5) is 20.3 Å². The molecule has 2 aliphatic rings. The Kier molecular flexibility index (Phi) is 9.07. The number of nitrogens with zero attached hydrogens (tertiary/aromatic N) is 4. The zero-order valence-corrected chi connectivity index (χ0v) is 21.3. The van der Waals surface area contributed by atoms with E-state index < -0.39 is 11.6 Å². The van der Waals surface area contributed by atoms with E-state index in [0.717, 1.165) is 37.5 Å².